The number of benzene rings is 1. The number of halogens is 1. The van der Waals surface area contributed by atoms with Crippen LogP contribution in [0.2, 0.25) is 5.02 Å². The van der Waals surface area contributed by atoms with Crippen LogP contribution in [0.15, 0.2) is 41.4 Å². The number of hydrogen-bond donors (Lipinski definition) is 1. The van der Waals surface area contributed by atoms with Gasteiger partial charge in [0, 0.05) is 37.3 Å². The average molecular weight is 439 g/mol. The Kier molecular flexibility index (Phi) is 6.15. The lowest BCUT2D eigenvalue weighted by atomic mass is 9.97. The first-order valence-corrected chi connectivity index (χ1v) is 10.7. The van der Waals surface area contributed by atoms with Gasteiger partial charge in [-0.25, -0.2) is 13.4 Å². The van der Waals surface area contributed by atoms with Gasteiger partial charge in [0.2, 0.25) is 15.9 Å². The van der Waals surface area contributed by atoms with Crippen molar-refractivity contribution < 1.29 is 18.1 Å². The van der Waals surface area contributed by atoms with Crippen LogP contribution in [0.4, 0.5) is 11.5 Å². The third kappa shape index (κ3) is 4.72. The molecule has 0 aliphatic carbocycles. The largest absolute Gasteiger partial charge is 0.310 e. The van der Waals surface area contributed by atoms with Gasteiger partial charge in [0.15, 0.2) is 0 Å². The van der Waals surface area contributed by atoms with Crippen LogP contribution in [0.3, 0.4) is 0 Å². The molecule has 3 rings (SSSR count). The van der Waals surface area contributed by atoms with Gasteiger partial charge >= 0.3 is 0 Å². The standard InChI is InChI=1S/C18H19ClN4O5S/c1-12-2-4-15(23(25)26)10-16(12)29(27,28)22-8-6-13(7-9-22)18(24)21-17-5-3-14(19)11-20-17/h2-5,10-11,13H,6-9H2,1H3,(H,20,21,24). The molecule has 11 heteroatoms. The van der Waals surface area contributed by atoms with Gasteiger partial charge in [0.05, 0.1) is 14.8 Å². The van der Waals surface area contributed by atoms with E-state index in [2.05, 4.69) is 10.3 Å². The third-order valence-corrected chi connectivity index (χ3v) is 7.07. The molecule has 29 heavy (non-hydrogen) atoms. The Bertz CT molecular complexity index is 1030. The number of rotatable bonds is 5. The van der Waals surface area contributed by atoms with Gasteiger partial charge in [-0.3, -0.25) is 14.9 Å². The van der Waals surface area contributed by atoms with Gasteiger partial charge in [-0.1, -0.05) is 17.7 Å². The molecule has 154 valence electrons. The SMILES string of the molecule is Cc1ccc([N+](=O)[O-])cc1S(=O)(=O)N1CCC(C(=O)Nc2ccc(Cl)cn2)CC1. The number of amides is 1. The first kappa shape index (κ1) is 21.2. The highest BCUT2D eigenvalue weighted by Gasteiger charge is 2.33. The number of nitrogens with one attached hydrogen (secondary N) is 1. The molecule has 0 saturated carbocycles. The minimum absolute atomic E-state index is 0.0834. The number of carbonyl (C=O) groups excluding carboxylic acids is 1. The number of aryl methyl sites for hydroxylation is 1. The smallest absolute Gasteiger partial charge is 0.270 e. The van der Waals surface area contributed by atoms with Crippen molar-refractivity contribution in [2.75, 3.05) is 18.4 Å². The molecule has 2 aromatic rings. The van der Waals surface area contributed by atoms with Crippen molar-refractivity contribution in [3.63, 3.8) is 0 Å². The normalized spacial score (nSPS) is 15.8. The Morgan fingerprint density at radius 3 is 2.55 bits per heavy atom. The third-order valence-electron chi connectivity index (χ3n) is 4.80. The Balaban J connectivity index is 1.68. The van der Waals surface area contributed by atoms with E-state index in [1.807, 2.05) is 0 Å². The highest BCUT2D eigenvalue weighted by molar-refractivity contribution is 7.89. The lowest BCUT2D eigenvalue weighted by Gasteiger charge is -2.30. The number of anilines is 1. The summed E-state index contributed by atoms with van der Waals surface area (Å²) in [5.41, 5.74) is 0.156. The summed E-state index contributed by atoms with van der Waals surface area (Å²) in [6.45, 7) is 1.89. The van der Waals surface area contributed by atoms with E-state index < -0.39 is 14.9 Å². The molecule has 1 aliphatic rings. The number of carbonyl (C=O) groups is 1. The fraction of sp³-hybridized carbons (Fsp3) is 0.333. The van der Waals surface area contributed by atoms with Gasteiger partial charge in [0.1, 0.15) is 5.82 Å². The fourth-order valence-electron chi connectivity index (χ4n) is 3.16. The summed E-state index contributed by atoms with van der Waals surface area (Å²) in [6.07, 6.45) is 2.10. The number of piperidine rings is 1. The highest BCUT2D eigenvalue weighted by Crippen LogP contribution is 2.28. The summed E-state index contributed by atoms with van der Waals surface area (Å²) in [6, 6.07) is 6.97. The molecule has 1 N–H and O–H groups in total. The number of pyridine rings is 1. The van der Waals surface area contributed by atoms with Crippen LogP contribution in [0, 0.1) is 23.0 Å². The number of aromatic nitrogens is 1. The zero-order valence-corrected chi connectivity index (χ0v) is 17.1. The second kappa shape index (κ2) is 8.44. The van der Waals surface area contributed by atoms with Crippen LogP contribution >= 0.6 is 11.6 Å². The van der Waals surface area contributed by atoms with Gasteiger partial charge in [0.25, 0.3) is 5.69 Å². The minimum atomic E-state index is -3.89. The Hall–Kier alpha value is -2.56. The van der Waals surface area contributed by atoms with Crippen LogP contribution in [-0.4, -0.2) is 41.6 Å². The molecule has 1 fully saturated rings. The maximum atomic E-state index is 13.0. The molecule has 0 spiro atoms. The maximum absolute atomic E-state index is 13.0. The second-order valence-electron chi connectivity index (χ2n) is 6.74. The van der Waals surface area contributed by atoms with Gasteiger partial charge < -0.3 is 5.32 Å². The number of nitrogens with zero attached hydrogens (tertiary/aromatic N) is 3. The molecule has 2 heterocycles. The van der Waals surface area contributed by atoms with E-state index >= 15 is 0 Å². The van der Waals surface area contributed by atoms with Crippen molar-refractivity contribution in [2.24, 2.45) is 5.92 Å². The first-order valence-electron chi connectivity index (χ1n) is 8.86. The van der Waals surface area contributed by atoms with Crippen LogP contribution in [-0.2, 0) is 14.8 Å². The molecule has 1 aromatic heterocycles. The Morgan fingerprint density at radius 2 is 1.97 bits per heavy atom. The lowest BCUT2D eigenvalue weighted by Crippen LogP contribution is -2.41. The Morgan fingerprint density at radius 1 is 1.28 bits per heavy atom. The first-order chi connectivity index (χ1) is 13.7. The van der Waals surface area contributed by atoms with E-state index in [0.717, 1.165) is 6.07 Å². The van der Waals surface area contributed by atoms with Crippen LogP contribution < -0.4 is 5.32 Å². The van der Waals surface area contributed by atoms with Crippen LogP contribution in [0.25, 0.3) is 0 Å². The van der Waals surface area contributed by atoms with Gasteiger partial charge in [-0.05, 0) is 37.5 Å². The molecular formula is C18H19ClN4O5S. The van der Waals surface area contributed by atoms with E-state index in [0.29, 0.717) is 29.2 Å². The number of sulfonamides is 1. The monoisotopic (exact) mass is 438 g/mol. The van der Waals surface area contributed by atoms with Crippen molar-refractivity contribution in [3.05, 3.63) is 57.2 Å². The lowest BCUT2D eigenvalue weighted by molar-refractivity contribution is -0.385. The molecule has 9 nitrogen and oxygen atoms in total. The average Bonchev–Trinajstić information content (AvgIpc) is 2.69. The molecular weight excluding hydrogens is 420 g/mol. The highest BCUT2D eigenvalue weighted by atomic mass is 35.5. The van der Waals surface area contributed by atoms with Gasteiger partial charge in [-0.2, -0.15) is 4.31 Å². The number of hydrogen-bond acceptors (Lipinski definition) is 6. The zero-order chi connectivity index (χ0) is 21.2. The molecule has 0 unspecified atom stereocenters. The summed E-state index contributed by atoms with van der Waals surface area (Å²) in [4.78, 5) is 26.7. The number of nitro groups is 1. The molecule has 1 aromatic carbocycles. The van der Waals surface area contributed by atoms with E-state index in [-0.39, 0.29) is 35.5 Å². The fourth-order valence-corrected chi connectivity index (χ4v) is 4.98. The van der Waals surface area contributed by atoms with Crippen LogP contribution in [0.5, 0.6) is 0 Å². The quantitative estimate of drug-likeness (QED) is 0.565. The number of nitro benzene ring substituents is 1. The second-order valence-corrected chi connectivity index (χ2v) is 9.08. The van der Waals surface area contributed by atoms with Crippen molar-refractivity contribution in [2.45, 2.75) is 24.7 Å². The van der Waals surface area contributed by atoms with E-state index in [1.54, 1.807) is 19.1 Å². The van der Waals surface area contributed by atoms with E-state index in [4.69, 9.17) is 11.6 Å². The number of non-ortho nitro benzene ring substituents is 1. The molecule has 1 aliphatic heterocycles. The predicted octanol–water partition coefficient (Wildman–Crippen LogP) is 2.99. The zero-order valence-electron chi connectivity index (χ0n) is 15.5. The summed E-state index contributed by atoms with van der Waals surface area (Å²) in [5, 5.41) is 14.2. The van der Waals surface area contributed by atoms with Crippen molar-refractivity contribution in [1.29, 1.82) is 0 Å². The van der Waals surface area contributed by atoms with Crippen molar-refractivity contribution in [3.8, 4) is 0 Å². The molecule has 1 amide bonds. The molecule has 0 radical (unpaired) electrons. The summed E-state index contributed by atoms with van der Waals surface area (Å²) < 4.78 is 27.2. The van der Waals surface area contributed by atoms with Crippen molar-refractivity contribution >= 4 is 39.0 Å². The molecule has 0 atom stereocenters. The van der Waals surface area contributed by atoms with Crippen LogP contribution in [0.1, 0.15) is 18.4 Å². The summed E-state index contributed by atoms with van der Waals surface area (Å²) in [7, 11) is -3.89. The van der Waals surface area contributed by atoms with E-state index in [9.17, 15) is 23.3 Å². The molecule has 1 saturated heterocycles. The van der Waals surface area contributed by atoms with Crippen molar-refractivity contribution in [1.82, 2.24) is 9.29 Å². The Labute approximate surface area is 172 Å². The summed E-state index contributed by atoms with van der Waals surface area (Å²) >= 11 is 5.77. The topological polar surface area (TPSA) is 123 Å². The van der Waals surface area contributed by atoms with Gasteiger partial charge in [-0.15, -0.1) is 0 Å². The van der Waals surface area contributed by atoms with E-state index in [1.165, 1.54) is 22.6 Å². The predicted molar refractivity (Wildman–Crippen MR) is 107 cm³/mol. The summed E-state index contributed by atoms with van der Waals surface area (Å²) in [5.74, 6) is -0.213. The minimum Gasteiger partial charge on any atom is -0.310 e. The maximum Gasteiger partial charge on any atom is 0.270 e. The molecule has 0 bridgehead atoms.